The van der Waals surface area contributed by atoms with Crippen LogP contribution in [0.1, 0.15) is 0 Å². The maximum Gasteiger partial charge on any atom is 0.343 e. The fourth-order valence-corrected chi connectivity index (χ4v) is 1.02. The SMILES string of the molecule is CN1C=CC=NS1(=O)=O. The van der Waals surface area contributed by atoms with Crippen LogP contribution in [-0.2, 0) is 10.2 Å². The van der Waals surface area contributed by atoms with Gasteiger partial charge in [-0.2, -0.15) is 12.8 Å². The van der Waals surface area contributed by atoms with Crippen molar-refractivity contribution >= 4 is 16.4 Å². The monoisotopic (exact) mass is 146 g/mol. The maximum atomic E-state index is 10.7. The van der Waals surface area contributed by atoms with Crippen molar-refractivity contribution in [3.8, 4) is 0 Å². The molecule has 0 aliphatic carbocycles. The van der Waals surface area contributed by atoms with E-state index in [1.807, 2.05) is 0 Å². The van der Waals surface area contributed by atoms with Crippen LogP contribution in [0.25, 0.3) is 0 Å². The highest BCUT2D eigenvalue weighted by Crippen LogP contribution is 2.02. The van der Waals surface area contributed by atoms with E-state index in [4.69, 9.17) is 0 Å². The Morgan fingerprint density at radius 1 is 1.56 bits per heavy atom. The van der Waals surface area contributed by atoms with Crippen molar-refractivity contribution in [2.75, 3.05) is 7.05 Å². The van der Waals surface area contributed by atoms with Gasteiger partial charge in [-0.15, -0.1) is 0 Å². The van der Waals surface area contributed by atoms with Crippen molar-refractivity contribution in [3.63, 3.8) is 0 Å². The van der Waals surface area contributed by atoms with Gasteiger partial charge in [-0.05, 0) is 6.08 Å². The average molecular weight is 146 g/mol. The zero-order valence-corrected chi connectivity index (χ0v) is 5.67. The molecule has 0 spiro atoms. The largest absolute Gasteiger partial charge is 0.343 e. The Morgan fingerprint density at radius 3 is 2.56 bits per heavy atom. The molecule has 1 aliphatic rings. The van der Waals surface area contributed by atoms with Crippen molar-refractivity contribution in [1.29, 1.82) is 0 Å². The summed E-state index contributed by atoms with van der Waals surface area (Å²) in [6.45, 7) is 0. The van der Waals surface area contributed by atoms with E-state index in [9.17, 15) is 8.42 Å². The van der Waals surface area contributed by atoms with E-state index in [1.54, 1.807) is 6.08 Å². The van der Waals surface area contributed by atoms with E-state index in [0.717, 1.165) is 4.31 Å². The lowest BCUT2D eigenvalue weighted by Gasteiger charge is -2.11. The summed E-state index contributed by atoms with van der Waals surface area (Å²) in [6, 6.07) is 0. The highest BCUT2D eigenvalue weighted by Gasteiger charge is 2.12. The first kappa shape index (κ1) is 6.28. The van der Waals surface area contributed by atoms with Gasteiger partial charge in [-0.3, -0.25) is 4.31 Å². The number of hydrogen-bond acceptors (Lipinski definition) is 2. The van der Waals surface area contributed by atoms with E-state index >= 15 is 0 Å². The molecular weight excluding hydrogens is 140 g/mol. The van der Waals surface area contributed by atoms with Gasteiger partial charge in [-0.1, -0.05) is 0 Å². The number of hydrogen-bond donors (Lipinski definition) is 0. The number of allylic oxidation sites excluding steroid dienone is 1. The molecule has 0 radical (unpaired) electrons. The van der Waals surface area contributed by atoms with E-state index in [2.05, 4.69) is 4.40 Å². The average Bonchev–Trinajstić information content (AvgIpc) is 1.77. The van der Waals surface area contributed by atoms with Crippen molar-refractivity contribution < 1.29 is 8.42 Å². The van der Waals surface area contributed by atoms with Gasteiger partial charge >= 0.3 is 10.2 Å². The lowest BCUT2D eigenvalue weighted by Crippen LogP contribution is -2.20. The molecule has 0 amide bonds. The van der Waals surface area contributed by atoms with Crippen LogP contribution in [0.3, 0.4) is 0 Å². The van der Waals surface area contributed by atoms with Gasteiger partial charge in [-0.25, -0.2) is 0 Å². The molecule has 9 heavy (non-hydrogen) atoms. The quantitative estimate of drug-likeness (QED) is 0.473. The highest BCUT2D eigenvalue weighted by atomic mass is 32.2. The minimum absolute atomic E-state index is 1.05. The van der Waals surface area contributed by atoms with Gasteiger partial charge in [0.05, 0.1) is 0 Å². The maximum absolute atomic E-state index is 10.7. The molecule has 0 aromatic rings. The molecule has 5 heteroatoms. The minimum Gasteiger partial charge on any atom is -0.262 e. The van der Waals surface area contributed by atoms with Gasteiger partial charge in [0.15, 0.2) is 0 Å². The topological polar surface area (TPSA) is 49.7 Å². The molecule has 0 aromatic carbocycles. The van der Waals surface area contributed by atoms with Gasteiger partial charge in [0.1, 0.15) is 0 Å². The molecule has 1 rings (SSSR count). The second-order valence-corrected chi connectivity index (χ2v) is 3.27. The Balaban J connectivity index is 3.06. The summed E-state index contributed by atoms with van der Waals surface area (Å²) in [6.07, 6.45) is 4.23. The first-order chi connectivity index (χ1) is 4.13. The normalized spacial score (nSPS) is 22.6. The Morgan fingerprint density at radius 2 is 2.22 bits per heavy atom. The Labute approximate surface area is 53.7 Å². The first-order valence-electron chi connectivity index (χ1n) is 2.33. The molecule has 1 heterocycles. The summed E-state index contributed by atoms with van der Waals surface area (Å²) in [5, 5.41) is 0. The third kappa shape index (κ3) is 1.10. The van der Waals surface area contributed by atoms with Crippen LogP contribution in [0.5, 0.6) is 0 Å². The second kappa shape index (κ2) is 1.84. The molecule has 4 nitrogen and oxygen atoms in total. The van der Waals surface area contributed by atoms with Gasteiger partial charge in [0.2, 0.25) is 0 Å². The van der Waals surface area contributed by atoms with Crippen LogP contribution in [0.4, 0.5) is 0 Å². The van der Waals surface area contributed by atoms with Crippen LogP contribution in [-0.4, -0.2) is 26.0 Å². The molecule has 0 unspecified atom stereocenters. The standard InChI is InChI=1S/C4H6N2O2S/c1-6-4-2-3-5-9(6,7)8/h2-4H,1H3. The highest BCUT2D eigenvalue weighted by molar-refractivity contribution is 7.88. The van der Waals surface area contributed by atoms with E-state index in [-0.39, 0.29) is 0 Å². The fourth-order valence-electron chi connectivity index (χ4n) is 0.423. The van der Waals surface area contributed by atoms with Crippen LogP contribution in [0.15, 0.2) is 16.7 Å². The van der Waals surface area contributed by atoms with E-state index in [1.165, 1.54) is 19.5 Å². The summed E-state index contributed by atoms with van der Waals surface area (Å²) in [7, 11) is -1.91. The molecule has 0 bridgehead atoms. The smallest absolute Gasteiger partial charge is 0.262 e. The van der Waals surface area contributed by atoms with Gasteiger partial charge in [0.25, 0.3) is 0 Å². The van der Waals surface area contributed by atoms with Gasteiger partial charge in [0, 0.05) is 19.5 Å². The van der Waals surface area contributed by atoms with Crippen molar-refractivity contribution in [2.45, 2.75) is 0 Å². The predicted molar refractivity (Wildman–Crippen MR) is 34.3 cm³/mol. The third-order valence-corrected chi connectivity index (χ3v) is 2.18. The van der Waals surface area contributed by atoms with Crippen LogP contribution in [0, 0.1) is 0 Å². The van der Waals surface area contributed by atoms with Gasteiger partial charge < -0.3 is 0 Å². The Kier molecular flexibility index (Phi) is 1.28. The third-order valence-electron chi connectivity index (χ3n) is 0.940. The number of nitrogens with zero attached hydrogens (tertiary/aromatic N) is 2. The van der Waals surface area contributed by atoms with E-state index in [0.29, 0.717) is 0 Å². The van der Waals surface area contributed by atoms with Crippen LogP contribution in [0.2, 0.25) is 0 Å². The Hall–Kier alpha value is -0.840. The summed E-state index contributed by atoms with van der Waals surface area (Å²) >= 11 is 0. The second-order valence-electron chi connectivity index (χ2n) is 1.59. The lowest BCUT2D eigenvalue weighted by molar-refractivity contribution is 0.540. The summed E-state index contributed by atoms with van der Waals surface area (Å²) in [5.41, 5.74) is 0. The zero-order chi connectivity index (χ0) is 6.91. The molecule has 0 aromatic heterocycles. The van der Waals surface area contributed by atoms with Crippen molar-refractivity contribution in [3.05, 3.63) is 12.3 Å². The molecule has 0 N–H and O–H groups in total. The van der Waals surface area contributed by atoms with Crippen molar-refractivity contribution in [2.24, 2.45) is 4.40 Å². The summed E-state index contributed by atoms with van der Waals surface area (Å²) < 4.78 is 25.6. The number of rotatable bonds is 0. The molecule has 0 saturated heterocycles. The lowest BCUT2D eigenvalue weighted by atomic mass is 10.7. The molecular formula is C4H6N2O2S. The molecule has 50 valence electrons. The van der Waals surface area contributed by atoms with Crippen LogP contribution < -0.4 is 0 Å². The first-order valence-corrected chi connectivity index (χ1v) is 3.73. The minimum atomic E-state index is -3.35. The van der Waals surface area contributed by atoms with E-state index < -0.39 is 10.2 Å². The molecule has 0 fully saturated rings. The summed E-state index contributed by atoms with van der Waals surface area (Å²) in [4.78, 5) is 0. The Bertz CT molecular complexity index is 252. The molecule has 0 atom stereocenters. The fraction of sp³-hybridized carbons (Fsp3) is 0.250. The molecule has 1 aliphatic heterocycles. The molecule has 0 saturated carbocycles. The van der Waals surface area contributed by atoms with Crippen LogP contribution >= 0.6 is 0 Å². The predicted octanol–water partition coefficient (Wildman–Crippen LogP) is -0.239. The van der Waals surface area contributed by atoms with Crippen molar-refractivity contribution in [1.82, 2.24) is 4.31 Å². The summed E-state index contributed by atoms with van der Waals surface area (Å²) in [5.74, 6) is 0. The zero-order valence-electron chi connectivity index (χ0n) is 4.85.